The third-order valence-corrected chi connectivity index (χ3v) is 2.58. The molecule has 0 fully saturated rings. The number of pyridine rings is 1. The van der Waals surface area contributed by atoms with E-state index in [0.29, 0.717) is 10.8 Å². The summed E-state index contributed by atoms with van der Waals surface area (Å²) in [5, 5.41) is 21.8. The van der Waals surface area contributed by atoms with Crippen LogP contribution in [-0.4, -0.2) is 21.2 Å². The van der Waals surface area contributed by atoms with Gasteiger partial charge < -0.3 is 15.5 Å². The summed E-state index contributed by atoms with van der Waals surface area (Å²) >= 11 is 5.91. The summed E-state index contributed by atoms with van der Waals surface area (Å²) in [5.41, 5.74) is 0.0440. The number of aromatic carboxylic acids is 1. The van der Waals surface area contributed by atoms with Crippen molar-refractivity contribution >= 4 is 29.1 Å². The average Bonchev–Trinajstić information content (AvgIpc) is 2.34. The summed E-state index contributed by atoms with van der Waals surface area (Å²) in [6.45, 7) is 0. The molecule has 92 valence electrons. The Labute approximate surface area is 108 Å². The third-order valence-electron chi connectivity index (χ3n) is 2.28. The summed E-state index contributed by atoms with van der Waals surface area (Å²) in [5.74, 6) is -1.22. The van der Waals surface area contributed by atoms with Crippen LogP contribution >= 0.6 is 11.6 Å². The van der Waals surface area contributed by atoms with Gasteiger partial charge in [0, 0.05) is 6.20 Å². The predicted molar refractivity (Wildman–Crippen MR) is 67.6 cm³/mol. The van der Waals surface area contributed by atoms with Crippen LogP contribution in [0.15, 0.2) is 36.5 Å². The molecule has 2 aromatic rings. The molecule has 0 amide bonds. The summed E-state index contributed by atoms with van der Waals surface area (Å²) in [6, 6.07) is 7.66. The molecule has 0 saturated heterocycles. The Bertz CT molecular complexity index is 602. The number of hydrogen-bond donors (Lipinski definition) is 3. The van der Waals surface area contributed by atoms with Gasteiger partial charge >= 0.3 is 5.97 Å². The second-order valence-corrected chi connectivity index (χ2v) is 3.87. The van der Waals surface area contributed by atoms with Gasteiger partial charge in [-0.1, -0.05) is 17.7 Å². The molecule has 3 N–H and O–H groups in total. The Balaban J connectivity index is 2.39. The van der Waals surface area contributed by atoms with Crippen LogP contribution in [0.1, 0.15) is 10.4 Å². The Morgan fingerprint density at radius 2 is 2.06 bits per heavy atom. The lowest BCUT2D eigenvalue weighted by Crippen LogP contribution is -2.00. The van der Waals surface area contributed by atoms with Gasteiger partial charge in [0.25, 0.3) is 0 Å². The predicted octanol–water partition coefficient (Wildman–Crippen LogP) is 2.88. The van der Waals surface area contributed by atoms with Gasteiger partial charge in [-0.25, -0.2) is 9.78 Å². The highest BCUT2D eigenvalue weighted by Crippen LogP contribution is 2.31. The van der Waals surface area contributed by atoms with Crippen LogP contribution in [0.25, 0.3) is 0 Å². The summed E-state index contributed by atoms with van der Waals surface area (Å²) < 4.78 is 0. The van der Waals surface area contributed by atoms with E-state index in [9.17, 15) is 9.90 Å². The van der Waals surface area contributed by atoms with Crippen molar-refractivity contribution in [2.75, 3.05) is 5.32 Å². The lowest BCUT2D eigenvalue weighted by molar-refractivity contribution is 0.0694. The van der Waals surface area contributed by atoms with Crippen molar-refractivity contribution in [3.05, 3.63) is 47.1 Å². The average molecular weight is 265 g/mol. The van der Waals surface area contributed by atoms with Crippen LogP contribution < -0.4 is 5.32 Å². The van der Waals surface area contributed by atoms with Crippen molar-refractivity contribution in [2.24, 2.45) is 0 Å². The van der Waals surface area contributed by atoms with Gasteiger partial charge in [-0.2, -0.15) is 0 Å². The van der Waals surface area contributed by atoms with Crippen molar-refractivity contribution in [2.45, 2.75) is 0 Å². The van der Waals surface area contributed by atoms with Gasteiger partial charge in [0.1, 0.15) is 11.4 Å². The molecule has 1 aromatic heterocycles. The molecule has 0 saturated carbocycles. The second-order valence-electron chi connectivity index (χ2n) is 3.47. The number of anilines is 2. The number of phenols is 1. The van der Waals surface area contributed by atoms with Crippen LogP contribution in [0.4, 0.5) is 11.5 Å². The number of para-hydroxylation sites is 1. The van der Waals surface area contributed by atoms with E-state index in [0.717, 1.165) is 0 Å². The first kappa shape index (κ1) is 12.2. The van der Waals surface area contributed by atoms with Gasteiger partial charge in [0.2, 0.25) is 0 Å². The number of benzene rings is 1. The molecule has 0 aliphatic heterocycles. The SMILES string of the molecule is O=C(O)c1cccc(Nc2ncccc2Cl)c1O. The zero-order valence-corrected chi connectivity index (χ0v) is 9.85. The number of nitrogens with zero attached hydrogens (tertiary/aromatic N) is 1. The van der Waals surface area contributed by atoms with E-state index in [2.05, 4.69) is 10.3 Å². The smallest absolute Gasteiger partial charge is 0.339 e. The van der Waals surface area contributed by atoms with Crippen molar-refractivity contribution in [1.82, 2.24) is 4.98 Å². The van der Waals surface area contributed by atoms with Crippen molar-refractivity contribution in [1.29, 1.82) is 0 Å². The van der Waals surface area contributed by atoms with Crippen LogP contribution in [0.3, 0.4) is 0 Å². The Kier molecular flexibility index (Phi) is 3.34. The van der Waals surface area contributed by atoms with Crippen LogP contribution in [0.2, 0.25) is 5.02 Å². The molecule has 0 aliphatic carbocycles. The first-order valence-corrected chi connectivity index (χ1v) is 5.40. The van der Waals surface area contributed by atoms with E-state index in [1.54, 1.807) is 12.1 Å². The molecule has 0 aliphatic rings. The minimum Gasteiger partial charge on any atom is -0.505 e. The topological polar surface area (TPSA) is 82.5 Å². The van der Waals surface area contributed by atoms with E-state index < -0.39 is 5.97 Å². The molecule has 1 heterocycles. The second kappa shape index (κ2) is 4.93. The molecule has 0 atom stereocenters. The van der Waals surface area contributed by atoms with Crippen LogP contribution in [-0.2, 0) is 0 Å². The highest BCUT2D eigenvalue weighted by Gasteiger charge is 2.13. The number of carboxylic acids is 1. The highest BCUT2D eigenvalue weighted by atomic mass is 35.5. The van der Waals surface area contributed by atoms with E-state index >= 15 is 0 Å². The van der Waals surface area contributed by atoms with E-state index in [1.165, 1.54) is 24.4 Å². The van der Waals surface area contributed by atoms with Gasteiger partial charge in [-0.15, -0.1) is 0 Å². The molecule has 5 nitrogen and oxygen atoms in total. The van der Waals surface area contributed by atoms with Gasteiger partial charge in [0.05, 0.1) is 10.7 Å². The molecular formula is C12H9ClN2O3. The largest absolute Gasteiger partial charge is 0.505 e. The maximum absolute atomic E-state index is 10.9. The van der Waals surface area contributed by atoms with Gasteiger partial charge in [-0.3, -0.25) is 0 Å². The number of aromatic hydroxyl groups is 1. The zero-order chi connectivity index (χ0) is 13.1. The highest BCUT2D eigenvalue weighted by molar-refractivity contribution is 6.33. The molecule has 18 heavy (non-hydrogen) atoms. The normalized spacial score (nSPS) is 10.1. The molecule has 0 bridgehead atoms. The van der Waals surface area contributed by atoms with Gasteiger partial charge in [0.15, 0.2) is 5.75 Å². The fraction of sp³-hybridized carbons (Fsp3) is 0. The molecule has 1 aromatic carbocycles. The molecule has 0 unspecified atom stereocenters. The summed E-state index contributed by atoms with van der Waals surface area (Å²) in [6.07, 6.45) is 1.53. The van der Waals surface area contributed by atoms with Gasteiger partial charge in [-0.05, 0) is 24.3 Å². The quantitative estimate of drug-likeness (QED) is 0.743. The van der Waals surface area contributed by atoms with Crippen molar-refractivity contribution in [3.63, 3.8) is 0 Å². The van der Waals surface area contributed by atoms with E-state index in [4.69, 9.17) is 16.7 Å². The fourth-order valence-electron chi connectivity index (χ4n) is 1.42. The van der Waals surface area contributed by atoms with Crippen LogP contribution in [0.5, 0.6) is 5.75 Å². The summed E-state index contributed by atoms with van der Waals surface area (Å²) in [7, 11) is 0. The molecular weight excluding hydrogens is 256 g/mol. The number of halogens is 1. The van der Waals surface area contributed by atoms with Crippen molar-refractivity contribution in [3.8, 4) is 5.75 Å². The maximum atomic E-state index is 10.9. The molecule has 2 rings (SSSR count). The lowest BCUT2D eigenvalue weighted by Gasteiger charge is -2.10. The van der Waals surface area contributed by atoms with E-state index in [1.807, 2.05) is 0 Å². The minimum atomic E-state index is -1.21. The maximum Gasteiger partial charge on any atom is 0.339 e. The first-order valence-electron chi connectivity index (χ1n) is 5.02. The standard InChI is InChI=1S/C12H9ClN2O3/c13-8-4-2-6-14-11(8)15-9-5-1-3-7(10(9)16)12(17)18/h1-6,16H,(H,14,15)(H,17,18). The van der Waals surface area contributed by atoms with Crippen LogP contribution in [0, 0.1) is 0 Å². The molecule has 0 radical (unpaired) electrons. The lowest BCUT2D eigenvalue weighted by atomic mass is 10.1. The van der Waals surface area contributed by atoms with Crippen molar-refractivity contribution < 1.29 is 15.0 Å². The Morgan fingerprint density at radius 1 is 1.28 bits per heavy atom. The number of carbonyl (C=O) groups is 1. The Hall–Kier alpha value is -2.27. The first-order chi connectivity index (χ1) is 8.59. The van der Waals surface area contributed by atoms with E-state index in [-0.39, 0.29) is 17.0 Å². The zero-order valence-electron chi connectivity index (χ0n) is 9.09. The third kappa shape index (κ3) is 2.36. The number of hydrogen-bond acceptors (Lipinski definition) is 4. The number of aromatic nitrogens is 1. The fourth-order valence-corrected chi connectivity index (χ4v) is 1.59. The number of rotatable bonds is 3. The Morgan fingerprint density at radius 3 is 2.72 bits per heavy atom. The monoisotopic (exact) mass is 264 g/mol. The number of carboxylic acid groups (broad SMARTS) is 1. The molecule has 0 spiro atoms. The number of nitrogens with one attached hydrogen (secondary N) is 1. The molecule has 6 heteroatoms. The minimum absolute atomic E-state index is 0.188. The summed E-state index contributed by atoms with van der Waals surface area (Å²) in [4.78, 5) is 14.9.